The first-order valence-electron chi connectivity index (χ1n) is 6.55. The van der Waals surface area contributed by atoms with Gasteiger partial charge in [-0.3, -0.25) is 4.79 Å². The van der Waals surface area contributed by atoms with E-state index >= 15 is 0 Å². The minimum Gasteiger partial charge on any atom is -0.343 e. The zero-order valence-electron chi connectivity index (χ0n) is 11.5. The summed E-state index contributed by atoms with van der Waals surface area (Å²) in [4.78, 5) is 13.9. The van der Waals surface area contributed by atoms with Crippen LogP contribution in [0.2, 0.25) is 0 Å². The van der Waals surface area contributed by atoms with Gasteiger partial charge in [0.1, 0.15) is 0 Å². The van der Waals surface area contributed by atoms with Crippen molar-refractivity contribution in [3.63, 3.8) is 0 Å². The van der Waals surface area contributed by atoms with Crippen LogP contribution in [0.15, 0.2) is 0 Å². The van der Waals surface area contributed by atoms with E-state index in [4.69, 9.17) is 0 Å². The van der Waals surface area contributed by atoms with Gasteiger partial charge in [-0.05, 0) is 12.8 Å². The lowest BCUT2D eigenvalue weighted by Gasteiger charge is -2.28. The maximum Gasteiger partial charge on any atom is 0.224 e. The molecule has 18 heavy (non-hydrogen) atoms. The molecule has 1 aliphatic heterocycles. The van der Waals surface area contributed by atoms with Crippen molar-refractivity contribution < 1.29 is 13.2 Å². The van der Waals surface area contributed by atoms with Crippen molar-refractivity contribution in [3.05, 3.63) is 0 Å². The lowest BCUT2D eigenvalue weighted by molar-refractivity contribution is -0.131. The molecule has 106 valence electrons. The van der Waals surface area contributed by atoms with Crippen LogP contribution in [-0.4, -0.2) is 56.4 Å². The molecule has 1 N–H and O–H groups in total. The molecule has 0 spiro atoms. The second-order valence-corrected chi connectivity index (χ2v) is 7.52. The molecule has 0 aromatic rings. The quantitative estimate of drug-likeness (QED) is 0.782. The fourth-order valence-corrected chi connectivity index (χ4v) is 3.63. The molecule has 1 heterocycles. The Morgan fingerprint density at radius 3 is 2.61 bits per heavy atom. The Hall–Kier alpha value is -0.620. The van der Waals surface area contributed by atoms with Crippen LogP contribution < -0.4 is 5.32 Å². The third-order valence-electron chi connectivity index (χ3n) is 3.04. The summed E-state index contributed by atoms with van der Waals surface area (Å²) in [5, 5.41) is 3.11. The van der Waals surface area contributed by atoms with E-state index in [2.05, 4.69) is 19.2 Å². The first-order chi connectivity index (χ1) is 8.34. The van der Waals surface area contributed by atoms with Crippen molar-refractivity contribution in [3.8, 4) is 0 Å². The van der Waals surface area contributed by atoms with Crippen molar-refractivity contribution in [1.82, 2.24) is 10.2 Å². The molecule has 1 fully saturated rings. The second-order valence-electron chi connectivity index (χ2n) is 5.30. The van der Waals surface area contributed by atoms with E-state index in [1.54, 1.807) is 4.90 Å². The molecule has 0 saturated carbocycles. The average molecular weight is 276 g/mol. The monoisotopic (exact) mass is 276 g/mol. The Labute approximate surface area is 110 Å². The molecular formula is C12H24N2O3S. The summed E-state index contributed by atoms with van der Waals surface area (Å²) < 4.78 is 23.0. The number of carbonyl (C=O) groups is 1. The minimum absolute atomic E-state index is 0.0424. The molecule has 0 aliphatic carbocycles. The lowest BCUT2D eigenvalue weighted by Crippen LogP contribution is -2.48. The SMILES string of the molecule is CCN(CC(C)C)C(=O)CC1CS(=O)(=O)CCN1. The van der Waals surface area contributed by atoms with Gasteiger partial charge in [-0.1, -0.05) is 13.8 Å². The maximum absolute atomic E-state index is 12.1. The Bertz CT molecular complexity index is 379. The maximum atomic E-state index is 12.1. The summed E-state index contributed by atoms with van der Waals surface area (Å²) in [6.07, 6.45) is 0.278. The molecule has 0 radical (unpaired) electrons. The first-order valence-corrected chi connectivity index (χ1v) is 8.37. The molecule has 1 unspecified atom stereocenters. The number of nitrogens with zero attached hydrogens (tertiary/aromatic N) is 1. The van der Waals surface area contributed by atoms with Crippen LogP contribution in [-0.2, 0) is 14.6 Å². The number of amides is 1. The number of hydrogen-bond acceptors (Lipinski definition) is 4. The van der Waals surface area contributed by atoms with E-state index in [1.807, 2.05) is 6.92 Å². The van der Waals surface area contributed by atoms with Crippen LogP contribution in [0.25, 0.3) is 0 Å². The van der Waals surface area contributed by atoms with Crippen LogP contribution in [0, 0.1) is 5.92 Å². The van der Waals surface area contributed by atoms with E-state index in [1.165, 1.54) is 0 Å². The number of hydrogen-bond donors (Lipinski definition) is 1. The van der Waals surface area contributed by atoms with Gasteiger partial charge in [-0.25, -0.2) is 8.42 Å². The highest BCUT2D eigenvalue weighted by atomic mass is 32.2. The van der Waals surface area contributed by atoms with E-state index < -0.39 is 9.84 Å². The van der Waals surface area contributed by atoms with Crippen molar-refractivity contribution in [2.24, 2.45) is 5.92 Å². The van der Waals surface area contributed by atoms with Crippen LogP contribution >= 0.6 is 0 Å². The van der Waals surface area contributed by atoms with Crippen molar-refractivity contribution in [2.75, 3.05) is 31.1 Å². The normalized spacial score (nSPS) is 23.0. The zero-order valence-corrected chi connectivity index (χ0v) is 12.3. The highest BCUT2D eigenvalue weighted by Crippen LogP contribution is 2.08. The highest BCUT2D eigenvalue weighted by molar-refractivity contribution is 7.91. The van der Waals surface area contributed by atoms with E-state index in [0.29, 0.717) is 19.0 Å². The molecule has 1 saturated heterocycles. The summed E-state index contributed by atoms with van der Waals surface area (Å²) in [6, 6.07) is -0.225. The van der Waals surface area contributed by atoms with Crippen molar-refractivity contribution >= 4 is 15.7 Å². The Morgan fingerprint density at radius 1 is 1.44 bits per heavy atom. The second kappa shape index (κ2) is 6.52. The predicted octanol–water partition coefficient (Wildman–Crippen LogP) is 0.268. The molecule has 6 heteroatoms. The van der Waals surface area contributed by atoms with Crippen LogP contribution in [0.4, 0.5) is 0 Å². The van der Waals surface area contributed by atoms with Crippen LogP contribution in [0.5, 0.6) is 0 Å². The number of rotatable bonds is 5. The largest absolute Gasteiger partial charge is 0.343 e. The topological polar surface area (TPSA) is 66.5 Å². The van der Waals surface area contributed by atoms with E-state index in [-0.39, 0.29) is 29.9 Å². The Morgan fingerprint density at radius 2 is 2.11 bits per heavy atom. The average Bonchev–Trinajstić information content (AvgIpc) is 2.23. The Kier molecular flexibility index (Phi) is 5.59. The summed E-state index contributed by atoms with van der Waals surface area (Å²) in [7, 11) is -2.97. The number of nitrogens with one attached hydrogen (secondary N) is 1. The third-order valence-corrected chi connectivity index (χ3v) is 4.78. The van der Waals surface area contributed by atoms with Gasteiger partial charge >= 0.3 is 0 Å². The molecule has 1 amide bonds. The van der Waals surface area contributed by atoms with Gasteiger partial charge in [0, 0.05) is 32.1 Å². The highest BCUT2D eigenvalue weighted by Gasteiger charge is 2.27. The molecule has 5 nitrogen and oxygen atoms in total. The number of carbonyl (C=O) groups excluding carboxylic acids is 1. The zero-order chi connectivity index (χ0) is 13.8. The molecule has 1 atom stereocenters. The smallest absolute Gasteiger partial charge is 0.224 e. The van der Waals surface area contributed by atoms with E-state index in [9.17, 15) is 13.2 Å². The summed E-state index contributed by atoms with van der Waals surface area (Å²) in [5.41, 5.74) is 0. The summed E-state index contributed by atoms with van der Waals surface area (Å²) >= 11 is 0. The molecule has 0 aromatic carbocycles. The van der Waals surface area contributed by atoms with Gasteiger partial charge in [0.05, 0.1) is 11.5 Å². The molecular weight excluding hydrogens is 252 g/mol. The van der Waals surface area contributed by atoms with Gasteiger partial charge in [-0.15, -0.1) is 0 Å². The van der Waals surface area contributed by atoms with Gasteiger partial charge in [0.25, 0.3) is 0 Å². The van der Waals surface area contributed by atoms with Crippen LogP contribution in [0.1, 0.15) is 27.2 Å². The van der Waals surface area contributed by atoms with Gasteiger partial charge in [0.15, 0.2) is 9.84 Å². The minimum atomic E-state index is -2.97. The number of sulfone groups is 1. The van der Waals surface area contributed by atoms with E-state index in [0.717, 1.165) is 6.54 Å². The molecule has 0 bridgehead atoms. The van der Waals surface area contributed by atoms with Gasteiger partial charge < -0.3 is 10.2 Å². The van der Waals surface area contributed by atoms with Crippen molar-refractivity contribution in [2.45, 2.75) is 33.2 Å². The third kappa shape index (κ3) is 4.94. The Balaban J connectivity index is 2.52. The molecule has 1 aliphatic rings. The first kappa shape index (κ1) is 15.4. The predicted molar refractivity (Wildman–Crippen MR) is 72.2 cm³/mol. The summed E-state index contributed by atoms with van der Waals surface area (Å²) in [6.45, 7) is 7.95. The molecule has 1 rings (SSSR count). The molecule has 0 aromatic heterocycles. The van der Waals surface area contributed by atoms with Crippen molar-refractivity contribution in [1.29, 1.82) is 0 Å². The standard InChI is InChI=1S/C12H24N2O3S/c1-4-14(8-10(2)3)12(15)7-11-9-18(16,17)6-5-13-11/h10-11,13H,4-9H2,1-3H3. The van der Waals surface area contributed by atoms with Crippen LogP contribution in [0.3, 0.4) is 0 Å². The fourth-order valence-electron chi connectivity index (χ4n) is 2.19. The lowest BCUT2D eigenvalue weighted by atomic mass is 10.1. The fraction of sp³-hybridized carbons (Fsp3) is 0.917. The summed E-state index contributed by atoms with van der Waals surface area (Å²) in [5.74, 6) is 0.733. The van der Waals surface area contributed by atoms with Gasteiger partial charge in [0.2, 0.25) is 5.91 Å². The van der Waals surface area contributed by atoms with Gasteiger partial charge in [-0.2, -0.15) is 0 Å².